The van der Waals surface area contributed by atoms with Crippen molar-refractivity contribution in [2.24, 2.45) is 0 Å². The maximum Gasteiger partial charge on any atom is 0.243 e. The molecule has 0 aromatic heterocycles. The Morgan fingerprint density at radius 1 is 1.10 bits per heavy atom. The van der Waals surface area contributed by atoms with Gasteiger partial charge in [-0.25, -0.2) is 8.42 Å². The van der Waals surface area contributed by atoms with E-state index in [-0.39, 0.29) is 23.3 Å². The summed E-state index contributed by atoms with van der Waals surface area (Å²) < 4.78 is 32.8. The summed E-state index contributed by atoms with van der Waals surface area (Å²) in [6, 6.07) is 15.0. The second-order valence-corrected chi connectivity index (χ2v) is 9.37. The molecule has 0 unspecified atom stereocenters. The topological polar surface area (TPSA) is 75.7 Å². The molecule has 0 aliphatic heterocycles. The Hall–Kier alpha value is -2.38. The number of carbonyl (C=O) groups is 1. The van der Waals surface area contributed by atoms with Crippen molar-refractivity contribution in [3.05, 3.63) is 60.2 Å². The molecule has 2 aromatic rings. The highest BCUT2D eigenvalue weighted by molar-refractivity contribution is 7.89. The molecule has 6 nitrogen and oxygen atoms in total. The SMILES string of the molecule is COc1ccc([C@@H](CC(=O)NC2CCCC2)N(C)S(=O)(=O)c2ccccc2)cc1. The Morgan fingerprint density at radius 3 is 2.31 bits per heavy atom. The highest BCUT2D eigenvalue weighted by Gasteiger charge is 2.31. The quantitative estimate of drug-likeness (QED) is 0.715. The Balaban J connectivity index is 1.87. The number of nitrogens with one attached hydrogen (secondary N) is 1. The predicted octanol–water partition coefficient (Wildman–Crippen LogP) is 3.51. The third kappa shape index (κ3) is 5.16. The van der Waals surface area contributed by atoms with Gasteiger partial charge in [0, 0.05) is 19.5 Å². The zero-order chi connectivity index (χ0) is 20.9. The molecule has 0 saturated heterocycles. The van der Waals surface area contributed by atoms with Crippen LogP contribution in [0.1, 0.15) is 43.7 Å². The predicted molar refractivity (Wildman–Crippen MR) is 112 cm³/mol. The molecule has 1 amide bonds. The molecule has 1 atom stereocenters. The van der Waals surface area contributed by atoms with Crippen molar-refractivity contribution in [3.8, 4) is 5.75 Å². The number of methoxy groups -OCH3 is 1. The van der Waals surface area contributed by atoms with Crippen LogP contribution >= 0.6 is 0 Å². The number of benzene rings is 2. The van der Waals surface area contributed by atoms with Gasteiger partial charge in [0.2, 0.25) is 15.9 Å². The number of amides is 1. The molecule has 1 saturated carbocycles. The summed E-state index contributed by atoms with van der Waals surface area (Å²) in [4.78, 5) is 12.9. The molecule has 1 fully saturated rings. The van der Waals surface area contributed by atoms with Crippen molar-refractivity contribution in [2.75, 3.05) is 14.2 Å². The fraction of sp³-hybridized carbons (Fsp3) is 0.409. The standard InChI is InChI=1S/C22H28N2O4S/c1-24(29(26,27)20-10-4-3-5-11-20)21(17-12-14-19(28-2)15-13-17)16-22(25)23-18-8-6-7-9-18/h3-5,10-15,18,21H,6-9,16H2,1-2H3,(H,23,25)/t21-/m1/s1. The van der Waals surface area contributed by atoms with Crippen molar-refractivity contribution in [1.29, 1.82) is 0 Å². The summed E-state index contributed by atoms with van der Waals surface area (Å²) in [5.74, 6) is 0.546. The minimum Gasteiger partial charge on any atom is -0.497 e. The van der Waals surface area contributed by atoms with Gasteiger partial charge in [-0.1, -0.05) is 43.2 Å². The molecule has 0 heterocycles. The number of rotatable bonds is 8. The Bertz CT molecular complexity index is 908. The second-order valence-electron chi connectivity index (χ2n) is 7.38. The molecular formula is C22H28N2O4S. The molecule has 29 heavy (non-hydrogen) atoms. The van der Waals surface area contributed by atoms with Crippen LogP contribution in [0.15, 0.2) is 59.5 Å². The van der Waals surface area contributed by atoms with E-state index in [1.165, 1.54) is 11.4 Å². The summed E-state index contributed by atoms with van der Waals surface area (Å²) in [6.45, 7) is 0. The van der Waals surface area contributed by atoms with E-state index in [1.54, 1.807) is 49.6 Å². The lowest BCUT2D eigenvalue weighted by Crippen LogP contribution is -2.38. The van der Waals surface area contributed by atoms with Gasteiger partial charge in [-0.15, -0.1) is 0 Å². The Kier molecular flexibility index (Phi) is 6.92. The normalized spacial score (nSPS) is 16.0. The van der Waals surface area contributed by atoms with Gasteiger partial charge >= 0.3 is 0 Å². The average Bonchev–Trinajstić information content (AvgIpc) is 3.25. The molecule has 7 heteroatoms. The number of carbonyl (C=O) groups excluding carboxylic acids is 1. The summed E-state index contributed by atoms with van der Waals surface area (Å²) in [6.07, 6.45) is 4.27. The highest BCUT2D eigenvalue weighted by Crippen LogP contribution is 2.30. The van der Waals surface area contributed by atoms with E-state index in [0.29, 0.717) is 5.75 Å². The van der Waals surface area contributed by atoms with Gasteiger partial charge in [0.15, 0.2) is 0 Å². The van der Waals surface area contributed by atoms with Crippen LogP contribution in [-0.2, 0) is 14.8 Å². The maximum absolute atomic E-state index is 13.2. The van der Waals surface area contributed by atoms with Crippen molar-refractivity contribution < 1.29 is 17.9 Å². The highest BCUT2D eigenvalue weighted by atomic mass is 32.2. The van der Waals surface area contributed by atoms with Gasteiger partial charge < -0.3 is 10.1 Å². The molecule has 0 spiro atoms. The zero-order valence-corrected chi connectivity index (χ0v) is 17.7. The molecule has 1 aliphatic rings. The first-order valence-corrected chi connectivity index (χ1v) is 11.3. The van der Waals surface area contributed by atoms with Crippen LogP contribution in [0.2, 0.25) is 0 Å². The van der Waals surface area contributed by atoms with Crippen LogP contribution in [0.3, 0.4) is 0 Å². The molecular weight excluding hydrogens is 388 g/mol. The lowest BCUT2D eigenvalue weighted by molar-refractivity contribution is -0.122. The van der Waals surface area contributed by atoms with E-state index in [2.05, 4.69) is 5.32 Å². The lowest BCUT2D eigenvalue weighted by Gasteiger charge is -2.28. The van der Waals surface area contributed by atoms with Crippen LogP contribution in [0.25, 0.3) is 0 Å². The van der Waals surface area contributed by atoms with Gasteiger partial charge in [-0.2, -0.15) is 4.31 Å². The van der Waals surface area contributed by atoms with Crippen LogP contribution in [0, 0.1) is 0 Å². The second kappa shape index (κ2) is 9.41. The number of hydrogen-bond acceptors (Lipinski definition) is 4. The minimum absolute atomic E-state index is 0.0609. The van der Waals surface area contributed by atoms with Crippen molar-refractivity contribution in [3.63, 3.8) is 0 Å². The van der Waals surface area contributed by atoms with Gasteiger partial charge in [0.05, 0.1) is 18.0 Å². The molecule has 3 rings (SSSR count). The number of hydrogen-bond donors (Lipinski definition) is 1. The Morgan fingerprint density at radius 2 is 1.72 bits per heavy atom. The van der Waals surface area contributed by atoms with E-state index >= 15 is 0 Å². The zero-order valence-electron chi connectivity index (χ0n) is 16.9. The van der Waals surface area contributed by atoms with Gasteiger partial charge in [-0.3, -0.25) is 4.79 Å². The maximum atomic E-state index is 13.2. The average molecular weight is 417 g/mol. The number of ether oxygens (including phenoxy) is 1. The van der Waals surface area contributed by atoms with Crippen LogP contribution < -0.4 is 10.1 Å². The molecule has 1 N–H and O–H groups in total. The fourth-order valence-corrected chi connectivity index (χ4v) is 5.11. The smallest absolute Gasteiger partial charge is 0.243 e. The molecule has 156 valence electrons. The first kappa shape index (κ1) is 21.3. The minimum atomic E-state index is -3.75. The summed E-state index contributed by atoms with van der Waals surface area (Å²) in [5, 5.41) is 3.06. The van der Waals surface area contributed by atoms with Crippen molar-refractivity contribution >= 4 is 15.9 Å². The fourth-order valence-electron chi connectivity index (χ4n) is 3.74. The monoisotopic (exact) mass is 416 g/mol. The first-order valence-electron chi connectivity index (χ1n) is 9.88. The van der Waals surface area contributed by atoms with E-state index in [1.807, 2.05) is 12.1 Å². The van der Waals surface area contributed by atoms with Gasteiger partial charge in [0.25, 0.3) is 0 Å². The number of sulfonamides is 1. The first-order chi connectivity index (χ1) is 13.9. The third-order valence-corrected chi connectivity index (χ3v) is 7.34. The van der Waals surface area contributed by atoms with Crippen LogP contribution in [0.5, 0.6) is 5.75 Å². The van der Waals surface area contributed by atoms with E-state index in [0.717, 1.165) is 31.2 Å². The van der Waals surface area contributed by atoms with Crippen LogP contribution in [0.4, 0.5) is 0 Å². The third-order valence-electron chi connectivity index (χ3n) is 5.46. The Labute approximate surface area is 172 Å². The van der Waals surface area contributed by atoms with Crippen molar-refractivity contribution in [2.45, 2.75) is 49.1 Å². The molecule has 0 radical (unpaired) electrons. The number of nitrogens with zero attached hydrogens (tertiary/aromatic N) is 1. The molecule has 2 aromatic carbocycles. The van der Waals surface area contributed by atoms with Crippen LogP contribution in [-0.4, -0.2) is 38.8 Å². The van der Waals surface area contributed by atoms with E-state index in [9.17, 15) is 13.2 Å². The lowest BCUT2D eigenvalue weighted by atomic mass is 10.0. The molecule has 1 aliphatic carbocycles. The van der Waals surface area contributed by atoms with Gasteiger partial charge in [-0.05, 0) is 42.7 Å². The largest absolute Gasteiger partial charge is 0.497 e. The van der Waals surface area contributed by atoms with Gasteiger partial charge in [0.1, 0.15) is 5.75 Å². The van der Waals surface area contributed by atoms with E-state index in [4.69, 9.17) is 4.74 Å². The van der Waals surface area contributed by atoms with Crippen molar-refractivity contribution in [1.82, 2.24) is 9.62 Å². The summed E-state index contributed by atoms with van der Waals surface area (Å²) in [7, 11) is -0.648. The summed E-state index contributed by atoms with van der Waals surface area (Å²) in [5.41, 5.74) is 0.745. The van der Waals surface area contributed by atoms with E-state index < -0.39 is 16.1 Å². The summed E-state index contributed by atoms with van der Waals surface area (Å²) >= 11 is 0. The molecule has 0 bridgehead atoms.